The summed E-state index contributed by atoms with van der Waals surface area (Å²) in [6.45, 7) is 5.80. The number of ketones is 1. The zero-order chi connectivity index (χ0) is 18.0. The molecule has 0 saturated heterocycles. The average molecular weight is 355 g/mol. The number of furan rings is 1. The van der Waals surface area contributed by atoms with E-state index in [1.54, 1.807) is 11.3 Å². The molecule has 0 aliphatic heterocycles. The largest absolute Gasteiger partial charge is 0.459 e. The van der Waals surface area contributed by atoms with Crippen LogP contribution in [0.4, 0.5) is 0 Å². The third-order valence-electron chi connectivity index (χ3n) is 4.17. The Balaban J connectivity index is 1.56. The molecule has 2 heterocycles. The van der Waals surface area contributed by atoms with Crippen LogP contribution < -0.4 is 5.32 Å². The molecule has 1 N–H and O–H groups in total. The normalized spacial score (nSPS) is 12.3. The molecule has 0 saturated carbocycles. The van der Waals surface area contributed by atoms with E-state index in [0.717, 1.165) is 26.3 Å². The summed E-state index contributed by atoms with van der Waals surface area (Å²) >= 11 is 1.61. The van der Waals surface area contributed by atoms with Gasteiger partial charge in [0.15, 0.2) is 5.78 Å². The lowest BCUT2D eigenvalue weighted by Crippen LogP contribution is -2.26. The van der Waals surface area contributed by atoms with Crippen molar-refractivity contribution in [3.05, 3.63) is 57.5 Å². The Labute approximate surface area is 150 Å². The number of benzene rings is 1. The van der Waals surface area contributed by atoms with Crippen molar-refractivity contribution in [1.29, 1.82) is 0 Å². The quantitative estimate of drug-likeness (QED) is 0.636. The molecule has 0 aliphatic rings. The molecule has 0 fully saturated rings. The minimum atomic E-state index is -0.236. The fourth-order valence-corrected chi connectivity index (χ4v) is 3.81. The molecule has 3 rings (SSSR count). The van der Waals surface area contributed by atoms with Crippen molar-refractivity contribution < 1.29 is 14.0 Å². The molecule has 25 heavy (non-hydrogen) atoms. The third kappa shape index (κ3) is 3.99. The van der Waals surface area contributed by atoms with Crippen LogP contribution in [-0.4, -0.2) is 11.7 Å². The molecule has 4 nitrogen and oxygen atoms in total. The molecular formula is C20H21NO3S. The van der Waals surface area contributed by atoms with E-state index in [1.807, 2.05) is 57.2 Å². The SMILES string of the molecule is Cc1cc(C(=O)CCC(=O)N[C@H](C)c2cc3ccccc3o2)c(C)s1. The standard InChI is InChI=1S/C20H21NO3S/c1-12-10-16(14(3)25-12)17(22)8-9-20(23)21-13(2)19-11-15-6-4-5-7-18(15)24-19/h4-7,10-11,13H,8-9H2,1-3H3,(H,21,23)/t13-/m1/s1. The number of nitrogens with one attached hydrogen (secondary N) is 1. The van der Waals surface area contributed by atoms with Crippen molar-refractivity contribution in [2.45, 2.75) is 39.7 Å². The summed E-state index contributed by atoms with van der Waals surface area (Å²) < 4.78 is 5.76. The van der Waals surface area contributed by atoms with Crippen LogP contribution in [0, 0.1) is 13.8 Å². The molecule has 0 aliphatic carbocycles. The Morgan fingerprint density at radius 1 is 1.16 bits per heavy atom. The maximum Gasteiger partial charge on any atom is 0.221 e. The maximum atomic E-state index is 12.3. The lowest BCUT2D eigenvalue weighted by atomic mass is 10.1. The van der Waals surface area contributed by atoms with Crippen molar-refractivity contribution in [3.8, 4) is 0 Å². The van der Waals surface area contributed by atoms with Crippen molar-refractivity contribution in [2.75, 3.05) is 0 Å². The number of thiophene rings is 1. The van der Waals surface area contributed by atoms with Gasteiger partial charge >= 0.3 is 0 Å². The first-order chi connectivity index (χ1) is 11.9. The van der Waals surface area contributed by atoms with Crippen LogP contribution >= 0.6 is 11.3 Å². The lowest BCUT2D eigenvalue weighted by Gasteiger charge is -2.11. The van der Waals surface area contributed by atoms with Gasteiger partial charge in [0.25, 0.3) is 0 Å². The van der Waals surface area contributed by atoms with Crippen molar-refractivity contribution in [1.82, 2.24) is 5.32 Å². The topological polar surface area (TPSA) is 59.3 Å². The van der Waals surface area contributed by atoms with Gasteiger partial charge in [-0.15, -0.1) is 11.3 Å². The van der Waals surface area contributed by atoms with Gasteiger partial charge in [0.05, 0.1) is 6.04 Å². The van der Waals surface area contributed by atoms with Crippen LogP contribution in [0.1, 0.15) is 51.7 Å². The second kappa shape index (κ2) is 7.23. The Hall–Kier alpha value is -2.40. The van der Waals surface area contributed by atoms with E-state index < -0.39 is 0 Å². The summed E-state index contributed by atoms with van der Waals surface area (Å²) in [6, 6.07) is 11.3. The first-order valence-electron chi connectivity index (χ1n) is 8.32. The second-order valence-corrected chi connectivity index (χ2v) is 7.69. The van der Waals surface area contributed by atoms with Gasteiger partial charge in [-0.05, 0) is 39.0 Å². The van der Waals surface area contributed by atoms with Crippen LogP contribution in [0.5, 0.6) is 0 Å². The lowest BCUT2D eigenvalue weighted by molar-refractivity contribution is -0.121. The molecule has 0 unspecified atom stereocenters. The molecule has 1 amide bonds. The number of Topliss-reactive ketones (excluding diaryl/α,β-unsaturated/α-hetero) is 1. The van der Waals surface area contributed by atoms with E-state index in [0.29, 0.717) is 5.76 Å². The van der Waals surface area contributed by atoms with Gasteiger partial charge in [-0.1, -0.05) is 18.2 Å². The maximum absolute atomic E-state index is 12.3. The summed E-state index contributed by atoms with van der Waals surface area (Å²) in [6.07, 6.45) is 0.396. The number of hydrogen-bond acceptors (Lipinski definition) is 4. The molecule has 1 aromatic carbocycles. The number of carbonyl (C=O) groups excluding carboxylic acids is 2. The summed E-state index contributed by atoms with van der Waals surface area (Å²) in [5, 5.41) is 3.91. The van der Waals surface area contributed by atoms with Crippen LogP contribution in [0.25, 0.3) is 11.0 Å². The van der Waals surface area contributed by atoms with Crippen LogP contribution in [-0.2, 0) is 4.79 Å². The van der Waals surface area contributed by atoms with Crippen molar-refractivity contribution in [3.63, 3.8) is 0 Å². The number of fused-ring (bicyclic) bond motifs is 1. The molecule has 130 valence electrons. The van der Waals surface area contributed by atoms with E-state index in [4.69, 9.17) is 4.42 Å². The molecule has 3 aromatic rings. The summed E-state index contributed by atoms with van der Waals surface area (Å²) in [7, 11) is 0. The molecule has 0 spiro atoms. The van der Waals surface area contributed by atoms with Gasteiger partial charge in [0, 0.05) is 33.5 Å². The molecule has 5 heteroatoms. The highest BCUT2D eigenvalue weighted by Crippen LogP contribution is 2.24. The van der Waals surface area contributed by atoms with Crippen molar-refractivity contribution in [2.24, 2.45) is 0 Å². The number of rotatable bonds is 6. The average Bonchev–Trinajstić information content (AvgIpc) is 3.15. The smallest absolute Gasteiger partial charge is 0.221 e. The van der Waals surface area contributed by atoms with Gasteiger partial charge in [-0.2, -0.15) is 0 Å². The molecule has 0 bridgehead atoms. The number of amides is 1. The Morgan fingerprint density at radius 2 is 1.92 bits per heavy atom. The number of para-hydroxylation sites is 1. The second-order valence-electron chi connectivity index (χ2n) is 6.23. The first-order valence-corrected chi connectivity index (χ1v) is 9.14. The molecule has 2 aromatic heterocycles. The van der Waals surface area contributed by atoms with E-state index in [9.17, 15) is 9.59 Å². The van der Waals surface area contributed by atoms with Gasteiger partial charge in [0.1, 0.15) is 11.3 Å². The van der Waals surface area contributed by atoms with E-state index in [-0.39, 0.29) is 30.6 Å². The van der Waals surface area contributed by atoms with Gasteiger partial charge < -0.3 is 9.73 Å². The Kier molecular flexibility index (Phi) is 5.04. The van der Waals surface area contributed by atoms with Crippen LogP contribution in [0.15, 0.2) is 40.8 Å². The third-order valence-corrected chi connectivity index (χ3v) is 5.14. The monoisotopic (exact) mass is 355 g/mol. The van der Waals surface area contributed by atoms with Crippen LogP contribution in [0.3, 0.4) is 0 Å². The van der Waals surface area contributed by atoms with E-state index in [1.165, 1.54) is 0 Å². The highest BCUT2D eigenvalue weighted by Gasteiger charge is 2.17. The Bertz CT molecular complexity index is 889. The first kappa shape index (κ1) is 17.4. The van der Waals surface area contributed by atoms with Crippen molar-refractivity contribution >= 4 is 34.0 Å². The van der Waals surface area contributed by atoms with E-state index in [2.05, 4.69) is 5.32 Å². The van der Waals surface area contributed by atoms with Gasteiger partial charge in [-0.25, -0.2) is 0 Å². The summed E-state index contributed by atoms with van der Waals surface area (Å²) in [5.74, 6) is 0.587. The summed E-state index contributed by atoms with van der Waals surface area (Å²) in [5.41, 5.74) is 1.54. The minimum Gasteiger partial charge on any atom is -0.459 e. The zero-order valence-electron chi connectivity index (χ0n) is 14.6. The zero-order valence-corrected chi connectivity index (χ0v) is 15.4. The van der Waals surface area contributed by atoms with Gasteiger partial charge in [-0.3, -0.25) is 9.59 Å². The summed E-state index contributed by atoms with van der Waals surface area (Å²) in [4.78, 5) is 26.6. The molecule has 0 radical (unpaired) electrons. The fourth-order valence-electron chi connectivity index (χ4n) is 2.87. The predicted molar refractivity (Wildman–Crippen MR) is 100 cm³/mol. The Morgan fingerprint density at radius 3 is 2.60 bits per heavy atom. The molecular weight excluding hydrogens is 334 g/mol. The highest BCUT2D eigenvalue weighted by molar-refractivity contribution is 7.12. The van der Waals surface area contributed by atoms with E-state index >= 15 is 0 Å². The number of hydrogen-bond donors (Lipinski definition) is 1. The fraction of sp³-hybridized carbons (Fsp3) is 0.300. The highest BCUT2D eigenvalue weighted by atomic mass is 32.1. The predicted octanol–water partition coefficient (Wildman–Crippen LogP) is 4.95. The molecule has 1 atom stereocenters. The minimum absolute atomic E-state index is 0.0217. The number of carbonyl (C=O) groups is 2. The van der Waals surface area contributed by atoms with Gasteiger partial charge in [0.2, 0.25) is 5.91 Å². The van der Waals surface area contributed by atoms with Crippen LogP contribution in [0.2, 0.25) is 0 Å². The number of aryl methyl sites for hydroxylation is 2.